The van der Waals surface area contributed by atoms with Gasteiger partial charge < -0.3 is 5.32 Å². The van der Waals surface area contributed by atoms with E-state index in [0.29, 0.717) is 16.2 Å². The van der Waals surface area contributed by atoms with Gasteiger partial charge in [-0.15, -0.1) is 11.3 Å². The average Bonchev–Trinajstić information content (AvgIpc) is 2.95. The summed E-state index contributed by atoms with van der Waals surface area (Å²) in [6, 6.07) is 12.7. The second kappa shape index (κ2) is 7.16. The van der Waals surface area contributed by atoms with Crippen molar-refractivity contribution in [1.82, 2.24) is 5.32 Å². The Morgan fingerprint density at radius 3 is 2.71 bits per heavy atom. The fourth-order valence-electron chi connectivity index (χ4n) is 1.94. The fourth-order valence-corrected chi connectivity index (χ4v) is 3.43. The zero-order valence-electron chi connectivity index (χ0n) is 11.4. The number of rotatable bonds is 5. The highest BCUT2D eigenvalue weighted by molar-refractivity contribution is 7.84. The molecule has 4 nitrogen and oxygen atoms in total. The van der Waals surface area contributed by atoms with E-state index in [0.717, 1.165) is 5.56 Å². The summed E-state index contributed by atoms with van der Waals surface area (Å²) in [5, 5.41) is 13.6. The van der Waals surface area contributed by atoms with Crippen molar-refractivity contribution in [3.05, 3.63) is 57.8 Å². The van der Waals surface area contributed by atoms with Gasteiger partial charge in [-0.25, -0.2) is 0 Å². The lowest BCUT2D eigenvalue weighted by Gasteiger charge is -2.17. The van der Waals surface area contributed by atoms with Gasteiger partial charge in [0.25, 0.3) is 5.91 Å². The third-order valence-electron chi connectivity index (χ3n) is 2.90. The van der Waals surface area contributed by atoms with Crippen LogP contribution < -0.4 is 5.32 Å². The second-order valence-electron chi connectivity index (χ2n) is 4.45. The zero-order chi connectivity index (χ0) is 15.2. The molecule has 6 heteroatoms. The van der Waals surface area contributed by atoms with Crippen LogP contribution in [0.4, 0.5) is 0 Å². The number of thiophene rings is 1. The monoisotopic (exact) mass is 318 g/mol. The lowest BCUT2D eigenvalue weighted by molar-refractivity contribution is 0.0944. The molecule has 0 radical (unpaired) electrons. The largest absolute Gasteiger partial charge is 0.344 e. The Balaban J connectivity index is 2.22. The topological polar surface area (TPSA) is 70.0 Å². The quantitative estimate of drug-likeness (QED) is 0.920. The van der Waals surface area contributed by atoms with Gasteiger partial charge in [-0.05, 0) is 17.0 Å². The van der Waals surface area contributed by atoms with Crippen molar-refractivity contribution < 1.29 is 9.00 Å². The average molecular weight is 318 g/mol. The van der Waals surface area contributed by atoms with Crippen LogP contribution in [0.1, 0.15) is 26.8 Å². The predicted molar refractivity (Wildman–Crippen MR) is 84.6 cm³/mol. The van der Waals surface area contributed by atoms with Gasteiger partial charge in [0.15, 0.2) is 0 Å². The Morgan fingerprint density at radius 2 is 2.10 bits per heavy atom. The number of nitrogens with zero attached hydrogens (tertiary/aromatic N) is 1. The molecule has 0 bridgehead atoms. The number of amides is 1. The van der Waals surface area contributed by atoms with Crippen LogP contribution in [0, 0.1) is 11.3 Å². The van der Waals surface area contributed by atoms with E-state index in [1.54, 1.807) is 17.7 Å². The van der Waals surface area contributed by atoms with Gasteiger partial charge >= 0.3 is 0 Å². The van der Waals surface area contributed by atoms with E-state index in [-0.39, 0.29) is 11.9 Å². The summed E-state index contributed by atoms with van der Waals surface area (Å²) in [6.45, 7) is 0. The molecule has 0 aliphatic carbocycles. The Bertz CT molecular complexity index is 689. The third kappa shape index (κ3) is 4.00. The highest BCUT2D eigenvalue weighted by atomic mass is 32.2. The third-order valence-corrected chi connectivity index (χ3v) is 4.62. The maximum atomic E-state index is 12.3. The predicted octanol–water partition coefficient (Wildman–Crippen LogP) is 2.47. The van der Waals surface area contributed by atoms with E-state index in [2.05, 4.69) is 5.32 Å². The lowest BCUT2D eigenvalue weighted by Crippen LogP contribution is -2.31. The molecular weight excluding hydrogens is 304 g/mol. The minimum atomic E-state index is -1.04. The van der Waals surface area contributed by atoms with Crippen molar-refractivity contribution in [3.63, 3.8) is 0 Å². The summed E-state index contributed by atoms with van der Waals surface area (Å²) in [6.07, 6.45) is 1.61. The van der Waals surface area contributed by atoms with E-state index >= 15 is 0 Å². The molecule has 0 spiro atoms. The lowest BCUT2D eigenvalue weighted by atomic mass is 10.1. The standard InChI is InChI=1S/C15H14N2O2S2/c1-21(19)10-13(11-5-3-2-4-6-11)17-15(18)14-12(9-16)7-8-20-14/h2-8,13H,10H2,1H3,(H,17,18). The number of hydrogen-bond acceptors (Lipinski definition) is 4. The summed E-state index contributed by atoms with van der Waals surface area (Å²) in [4.78, 5) is 12.7. The Labute approximate surface area is 129 Å². The molecule has 1 amide bonds. The van der Waals surface area contributed by atoms with Crippen molar-refractivity contribution in [2.24, 2.45) is 0 Å². The first-order chi connectivity index (χ1) is 10.1. The molecule has 0 aliphatic rings. The fraction of sp³-hybridized carbons (Fsp3) is 0.200. The first kappa shape index (κ1) is 15.4. The van der Waals surface area contributed by atoms with Gasteiger partial charge in [-0.1, -0.05) is 30.3 Å². The van der Waals surface area contributed by atoms with E-state index in [4.69, 9.17) is 5.26 Å². The first-order valence-electron chi connectivity index (χ1n) is 6.25. The van der Waals surface area contributed by atoms with E-state index in [1.165, 1.54) is 11.3 Å². The van der Waals surface area contributed by atoms with Crippen molar-refractivity contribution in [2.75, 3.05) is 12.0 Å². The summed E-state index contributed by atoms with van der Waals surface area (Å²) < 4.78 is 11.5. The second-order valence-corrected chi connectivity index (χ2v) is 6.85. The summed E-state index contributed by atoms with van der Waals surface area (Å²) in [5.41, 5.74) is 1.26. The minimum Gasteiger partial charge on any atom is -0.344 e. The minimum absolute atomic E-state index is 0.305. The molecule has 0 saturated carbocycles. The number of nitriles is 1. The van der Waals surface area contributed by atoms with Crippen LogP contribution in [-0.4, -0.2) is 22.1 Å². The van der Waals surface area contributed by atoms with E-state index in [1.807, 2.05) is 36.4 Å². The van der Waals surface area contributed by atoms with Gasteiger partial charge in [0.1, 0.15) is 10.9 Å². The van der Waals surface area contributed by atoms with Crippen LogP contribution in [0.3, 0.4) is 0 Å². The van der Waals surface area contributed by atoms with Crippen LogP contribution in [-0.2, 0) is 10.8 Å². The molecule has 2 rings (SSSR count). The maximum absolute atomic E-state index is 12.3. The molecule has 1 aromatic heterocycles. The van der Waals surface area contributed by atoms with Crippen LogP contribution in [0.15, 0.2) is 41.8 Å². The van der Waals surface area contributed by atoms with E-state index in [9.17, 15) is 9.00 Å². The molecule has 1 N–H and O–H groups in total. The highest BCUT2D eigenvalue weighted by Crippen LogP contribution is 2.19. The first-order valence-corrected chi connectivity index (χ1v) is 8.86. The molecule has 0 aliphatic heterocycles. The Kier molecular flexibility index (Phi) is 5.26. The summed E-state index contributed by atoms with van der Waals surface area (Å²) >= 11 is 1.23. The molecule has 108 valence electrons. The van der Waals surface area contributed by atoms with Gasteiger partial charge in [0, 0.05) is 22.8 Å². The van der Waals surface area contributed by atoms with Gasteiger partial charge in [-0.2, -0.15) is 5.26 Å². The van der Waals surface area contributed by atoms with Crippen molar-refractivity contribution >= 4 is 28.0 Å². The SMILES string of the molecule is CS(=O)CC(NC(=O)c1sccc1C#N)c1ccccc1. The normalized spacial score (nSPS) is 13.1. The van der Waals surface area contributed by atoms with Crippen molar-refractivity contribution in [2.45, 2.75) is 6.04 Å². The molecule has 1 aromatic carbocycles. The Morgan fingerprint density at radius 1 is 1.38 bits per heavy atom. The van der Waals surface area contributed by atoms with Gasteiger partial charge in [-0.3, -0.25) is 9.00 Å². The molecule has 0 fully saturated rings. The number of hydrogen-bond donors (Lipinski definition) is 1. The summed E-state index contributed by atoms with van der Waals surface area (Å²) in [7, 11) is -1.04. The van der Waals surface area contributed by atoms with Gasteiger partial charge in [0.2, 0.25) is 0 Å². The van der Waals surface area contributed by atoms with Crippen molar-refractivity contribution in [3.8, 4) is 6.07 Å². The zero-order valence-corrected chi connectivity index (χ0v) is 13.0. The molecule has 21 heavy (non-hydrogen) atoms. The number of nitrogens with one attached hydrogen (secondary N) is 1. The van der Waals surface area contributed by atoms with Crippen LogP contribution in [0.25, 0.3) is 0 Å². The van der Waals surface area contributed by atoms with Crippen LogP contribution in [0.5, 0.6) is 0 Å². The maximum Gasteiger partial charge on any atom is 0.263 e. The summed E-state index contributed by atoms with van der Waals surface area (Å²) in [5.74, 6) is 0.0316. The molecule has 2 atom stereocenters. The van der Waals surface area contributed by atoms with Crippen LogP contribution >= 0.6 is 11.3 Å². The smallest absolute Gasteiger partial charge is 0.263 e. The molecule has 2 unspecified atom stereocenters. The number of benzene rings is 1. The number of carbonyl (C=O) groups is 1. The molecular formula is C15H14N2O2S2. The number of carbonyl (C=O) groups excluding carboxylic acids is 1. The van der Waals surface area contributed by atoms with E-state index < -0.39 is 10.8 Å². The highest BCUT2D eigenvalue weighted by Gasteiger charge is 2.19. The molecule has 2 aromatic rings. The van der Waals surface area contributed by atoms with Crippen LogP contribution in [0.2, 0.25) is 0 Å². The molecule has 0 saturated heterocycles. The van der Waals surface area contributed by atoms with Gasteiger partial charge in [0.05, 0.1) is 11.6 Å². The molecule has 1 heterocycles. The Hall–Kier alpha value is -1.97. The van der Waals surface area contributed by atoms with Crippen molar-refractivity contribution in [1.29, 1.82) is 5.26 Å².